The Balaban J connectivity index is 3.09. The molecule has 1 aromatic heterocycles. The van der Waals surface area contributed by atoms with Gasteiger partial charge in [-0.25, -0.2) is 8.42 Å². The zero-order chi connectivity index (χ0) is 15.3. The summed E-state index contributed by atoms with van der Waals surface area (Å²) in [7, 11) is -3.67. The first kappa shape index (κ1) is 17.1. The average Bonchev–Trinajstić information content (AvgIpc) is 2.75. The third-order valence-corrected chi connectivity index (χ3v) is 5.35. The summed E-state index contributed by atoms with van der Waals surface area (Å²) >= 11 is 0. The smallest absolute Gasteiger partial charge is 0.262 e. The van der Waals surface area contributed by atoms with Crippen LogP contribution in [0, 0.1) is 6.92 Å². The number of aromatic nitrogens is 2. The first-order valence-electron chi connectivity index (χ1n) is 7.02. The number of sulfonamides is 1. The van der Waals surface area contributed by atoms with Crippen molar-refractivity contribution in [2.75, 3.05) is 6.54 Å². The van der Waals surface area contributed by atoms with E-state index in [1.807, 2.05) is 13.8 Å². The lowest BCUT2D eigenvalue weighted by atomic mass is 10.2. The fourth-order valence-electron chi connectivity index (χ4n) is 2.11. The van der Waals surface area contributed by atoms with E-state index in [2.05, 4.69) is 17.1 Å². The molecule has 1 rings (SSSR count). The van der Waals surface area contributed by atoms with Crippen molar-refractivity contribution < 1.29 is 13.5 Å². The lowest BCUT2D eigenvalue weighted by Crippen LogP contribution is -2.38. The first-order chi connectivity index (χ1) is 9.36. The van der Waals surface area contributed by atoms with Gasteiger partial charge < -0.3 is 5.11 Å². The minimum Gasteiger partial charge on any atom is -0.392 e. The SMILES string of the molecule is CCCCCN(C(C)C)S(=O)(=O)c1n[nH]c(C)c1CO. The molecule has 1 aromatic rings. The molecule has 0 aliphatic heterocycles. The van der Waals surface area contributed by atoms with E-state index in [1.165, 1.54) is 4.31 Å². The standard InChI is InChI=1S/C13H25N3O3S/c1-5-6-7-8-16(10(2)3)20(18,19)13-12(9-17)11(4)14-15-13/h10,17H,5-9H2,1-4H3,(H,14,15). The summed E-state index contributed by atoms with van der Waals surface area (Å²) < 4.78 is 26.8. The molecule has 1 heterocycles. The lowest BCUT2D eigenvalue weighted by molar-refractivity contribution is 0.276. The second-order valence-electron chi connectivity index (χ2n) is 5.21. The number of H-pyrrole nitrogens is 1. The number of rotatable bonds is 8. The van der Waals surface area contributed by atoms with Crippen molar-refractivity contribution in [3.8, 4) is 0 Å². The zero-order valence-electron chi connectivity index (χ0n) is 12.7. The van der Waals surface area contributed by atoms with Crippen molar-refractivity contribution in [1.82, 2.24) is 14.5 Å². The van der Waals surface area contributed by atoms with Crippen molar-refractivity contribution in [3.05, 3.63) is 11.3 Å². The molecule has 0 unspecified atom stereocenters. The number of nitrogens with one attached hydrogen (secondary N) is 1. The number of aliphatic hydroxyl groups excluding tert-OH is 1. The molecule has 0 saturated heterocycles. The maximum absolute atomic E-state index is 12.7. The van der Waals surface area contributed by atoms with Crippen molar-refractivity contribution in [1.29, 1.82) is 0 Å². The molecule has 0 aromatic carbocycles. The third-order valence-electron chi connectivity index (χ3n) is 3.31. The molecule has 0 radical (unpaired) electrons. The van der Waals surface area contributed by atoms with E-state index in [9.17, 15) is 13.5 Å². The molecule has 0 spiro atoms. The van der Waals surface area contributed by atoms with Gasteiger partial charge >= 0.3 is 0 Å². The maximum atomic E-state index is 12.7. The van der Waals surface area contributed by atoms with Crippen LogP contribution in [0.3, 0.4) is 0 Å². The molecule has 0 fully saturated rings. The molecule has 0 atom stereocenters. The van der Waals surface area contributed by atoms with Gasteiger partial charge in [0.2, 0.25) is 0 Å². The molecule has 0 aliphatic carbocycles. The van der Waals surface area contributed by atoms with E-state index >= 15 is 0 Å². The Morgan fingerprint density at radius 2 is 2.00 bits per heavy atom. The molecular formula is C13H25N3O3S. The van der Waals surface area contributed by atoms with E-state index < -0.39 is 10.0 Å². The molecular weight excluding hydrogens is 278 g/mol. The summed E-state index contributed by atoms with van der Waals surface area (Å²) in [4.78, 5) is 0. The highest BCUT2D eigenvalue weighted by atomic mass is 32.2. The minimum absolute atomic E-state index is 0.0531. The Hall–Kier alpha value is -0.920. The highest BCUT2D eigenvalue weighted by Crippen LogP contribution is 2.22. The van der Waals surface area contributed by atoms with Gasteiger partial charge in [-0.05, 0) is 27.2 Å². The highest BCUT2D eigenvalue weighted by Gasteiger charge is 2.31. The predicted molar refractivity (Wildman–Crippen MR) is 77.8 cm³/mol. The monoisotopic (exact) mass is 303 g/mol. The lowest BCUT2D eigenvalue weighted by Gasteiger charge is -2.25. The van der Waals surface area contributed by atoms with Crippen LogP contribution in [-0.4, -0.2) is 40.6 Å². The summed E-state index contributed by atoms with van der Waals surface area (Å²) in [5.74, 6) is 0. The summed E-state index contributed by atoms with van der Waals surface area (Å²) in [6.45, 7) is 7.62. The maximum Gasteiger partial charge on any atom is 0.262 e. The summed E-state index contributed by atoms with van der Waals surface area (Å²) in [5.41, 5.74) is 0.939. The van der Waals surface area contributed by atoms with Gasteiger partial charge in [-0.15, -0.1) is 0 Å². The van der Waals surface area contributed by atoms with Crippen LogP contribution < -0.4 is 0 Å². The number of aromatic amines is 1. The molecule has 0 saturated carbocycles. The largest absolute Gasteiger partial charge is 0.392 e. The van der Waals surface area contributed by atoms with E-state index in [0.29, 0.717) is 17.8 Å². The van der Waals surface area contributed by atoms with E-state index in [4.69, 9.17) is 0 Å². The first-order valence-corrected chi connectivity index (χ1v) is 8.46. The van der Waals surface area contributed by atoms with Gasteiger partial charge in [0, 0.05) is 23.8 Å². The zero-order valence-corrected chi connectivity index (χ0v) is 13.5. The number of hydrogen-bond acceptors (Lipinski definition) is 4. The molecule has 0 aliphatic rings. The number of nitrogens with zero attached hydrogens (tertiary/aromatic N) is 2. The minimum atomic E-state index is -3.67. The molecule has 0 amide bonds. The fourth-order valence-corrected chi connectivity index (χ4v) is 3.95. The van der Waals surface area contributed by atoms with Crippen LogP contribution >= 0.6 is 0 Å². The van der Waals surface area contributed by atoms with Gasteiger partial charge in [-0.1, -0.05) is 19.8 Å². The topological polar surface area (TPSA) is 86.3 Å². The van der Waals surface area contributed by atoms with Crippen LogP contribution in [0.15, 0.2) is 5.03 Å². The second-order valence-corrected chi connectivity index (χ2v) is 7.01. The third kappa shape index (κ3) is 3.59. The van der Waals surface area contributed by atoms with E-state index in [0.717, 1.165) is 19.3 Å². The van der Waals surface area contributed by atoms with Gasteiger partial charge in [0.15, 0.2) is 5.03 Å². The van der Waals surface area contributed by atoms with Crippen molar-refractivity contribution in [2.24, 2.45) is 0 Å². The molecule has 6 nitrogen and oxygen atoms in total. The quantitative estimate of drug-likeness (QED) is 0.717. The van der Waals surface area contributed by atoms with Gasteiger partial charge in [0.1, 0.15) is 0 Å². The van der Waals surface area contributed by atoms with Gasteiger partial charge in [0.05, 0.1) is 6.61 Å². The Bertz CT molecular complexity index is 523. The second kappa shape index (κ2) is 7.19. The molecule has 7 heteroatoms. The van der Waals surface area contributed by atoms with Crippen LogP contribution in [0.1, 0.15) is 51.3 Å². The number of aliphatic hydroxyl groups is 1. The Morgan fingerprint density at radius 3 is 2.50 bits per heavy atom. The van der Waals surface area contributed by atoms with Crippen molar-refractivity contribution in [3.63, 3.8) is 0 Å². The Morgan fingerprint density at radius 1 is 1.35 bits per heavy atom. The summed E-state index contributed by atoms with van der Waals surface area (Å²) in [6, 6.07) is -0.139. The molecule has 0 bridgehead atoms. The number of hydrogen-bond donors (Lipinski definition) is 2. The van der Waals surface area contributed by atoms with Gasteiger partial charge in [-0.2, -0.15) is 9.40 Å². The van der Waals surface area contributed by atoms with Crippen LogP contribution in [0.2, 0.25) is 0 Å². The van der Waals surface area contributed by atoms with E-state index in [-0.39, 0.29) is 17.7 Å². The average molecular weight is 303 g/mol. The Labute approximate surface area is 121 Å². The Kier molecular flexibility index (Phi) is 6.16. The van der Waals surface area contributed by atoms with Crippen LogP contribution in [0.5, 0.6) is 0 Å². The van der Waals surface area contributed by atoms with Crippen LogP contribution in [-0.2, 0) is 16.6 Å². The van der Waals surface area contributed by atoms with Crippen molar-refractivity contribution in [2.45, 2.75) is 64.6 Å². The number of aryl methyl sites for hydroxylation is 1. The van der Waals surface area contributed by atoms with Gasteiger partial charge in [-0.3, -0.25) is 5.10 Å². The fraction of sp³-hybridized carbons (Fsp3) is 0.769. The summed E-state index contributed by atoms with van der Waals surface area (Å²) in [6.07, 6.45) is 2.85. The van der Waals surface area contributed by atoms with Crippen LogP contribution in [0.4, 0.5) is 0 Å². The molecule has 2 N–H and O–H groups in total. The van der Waals surface area contributed by atoms with Gasteiger partial charge in [0.25, 0.3) is 10.0 Å². The predicted octanol–water partition coefficient (Wildman–Crippen LogP) is 1.80. The normalized spacial score (nSPS) is 12.6. The molecule has 20 heavy (non-hydrogen) atoms. The number of unbranched alkanes of at least 4 members (excludes halogenated alkanes) is 2. The van der Waals surface area contributed by atoms with E-state index in [1.54, 1.807) is 6.92 Å². The highest BCUT2D eigenvalue weighted by molar-refractivity contribution is 7.89. The molecule has 116 valence electrons. The summed E-state index contributed by atoms with van der Waals surface area (Å²) in [5, 5.41) is 15.8. The van der Waals surface area contributed by atoms with Crippen molar-refractivity contribution >= 4 is 10.0 Å². The van der Waals surface area contributed by atoms with Crippen LogP contribution in [0.25, 0.3) is 0 Å².